The van der Waals surface area contributed by atoms with Crippen molar-refractivity contribution in [3.05, 3.63) is 22.7 Å². The maximum Gasteiger partial charge on any atom is 0.351 e. The first-order chi connectivity index (χ1) is 8.81. The van der Waals surface area contributed by atoms with Gasteiger partial charge in [-0.1, -0.05) is 0 Å². The van der Waals surface area contributed by atoms with Crippen LogP contribution in [0.15, 0.2) is 17.1 Å². The molecule has 0 aliphatic rings. The molecule has 0 radical (unpaired) electrons. The van der Waals surface area contributed by atoms with Crippen molar-refractivity contribution in [2.75, 3.05) is 18.9 Å². The first-order valence-corrected chi connectivity index (χ1v) is 5.41. The van der Waals surface area contributed by atoms with Crippen LogP contribution in [0.1, 0.15) is 13.2 Å². The van der Waals surface area contributed by atoms with Gasteiger partial charge in [-0.15, -0.1) is 0 Å². The van der Waals surface area contributed by atoms with Crippen molar-refractivity contribution in [2.45, 2.75) is 25.2 Å². The molecule has 0 aromatic carbocycles. The van der Waals surface area contributed by atoms with Crippen LogP contribution in [0.2, 0.25) is 0 Å². The maximum atomic E-state index is 13.6. The van der Waals surface area contributed by atoms with E-state index in [1.807, 2.05) is 0 Å². The molecule has 0 aliphatic heterocycles. The summed E-state index contributed by atoms with van der Waals surface area (Å²) in [4.78, 5) is 14.8. The Morgan fingerprint density at radius 1 is 1.58 bits per heavy atom. The fourth-order valence-corrected chi connectivity index (χ4v) is 1.31. The lowest BCUT2D eigenvalue weighted by atomic mass is 10.3. The van der Waals surface area contributed by atoms with Gasteiger partial charge in [0.1, 0.15) is 12.4 Å². The van der Waals surface area contributed by atoms with Crippen LogP contribution in [0.3, 0.4) is 0 Å². The Balaban J connectivity index is 3.19. The zero-order chi connectivity index (χ0) is 14.6. The molecule has 0 amide bonds. The van der Waals surface area contributed by atoms with Crippen LogP contribution in [0.25, 0.3) is 0 Å². The summed E-state index contributed by atoms with van der Waals surface area (Å²) in [5.74, 6) is -3.84. The second-order valence-corrected chi connectivity index (χ2v) is 3.94. The summed E-state index contributed by atoms with van der Waals surface area (Å²) in [6.07, 6.45) is -2.05. The minimum absolute atomic E-state index is 0.123. The number of aliphatic hydroxyl groups excluding tert-OH is 2. The first-order valence-electron chi connectivity index (χ1n) is 5.41. The van der Waals surface area contributed by atoms with Gasteiger partial charge in [0.25, 0.3) is 0 Å². The van der Waals surface area contributed by atoms with Crippen LogP contribution in [0.5, 0.6) is 0 Å². The van der Waals surface area contributed by atoms with Crippen LogP contribution in [-0.4, -0.2) is 45.0 Å². The molecule has 1 rings (SSSR count). The van der Waals surface area contributed by atoms with Crippen LogP contribution in [-0.2, 0) is 4.74 Å². The van der Waals surface area contributed by atoms with Crippen LogP contribution in [0.4, 0.5) is 14.6 Å². The van der Waals surface area contributed by atoms with Gasteiger partial charge in [0.2, 0.25) is 6.23 Å². The van der Waals surface area contributed by atoms with E-state index in [1.165, 1.54) is 6.92 Å². The standard InChI is InChI=1S/C10H15F2N3O4/c1-6(4-16)19-8(10(11,12)5-17)15-3-2-7(13)14-9(15)18/h2-3,6,8,16-17H,4-5H2,1H3,(H2,13,14,18)/t6?,8-/m1/s1. The van der Waals surface area contributed by atoms with Crippen LogP contribution in [0, 0.1) is 0 Å². The van der Waals surface area contributed by atoms with Crippen molar-refractivity contribution in [2.24, 2.45) is 0 Å². The lowest BCUT2D eigenvalue weighted by Crippen LogP contribution is -2.43. The van der Waals surface area contributed by atoms with Crippen molar-refractivity contribution in [3.63, 3.8) is 0 Å². The fraction of sp³-hybridized carbons (Fsp3) is 0.600. The average molecular weight is 279 g/mol. The van der Waals surface area contributed by atoms with Crippen molar-refractivity contribution in [3.8, 4) is 0 Å². The number of hydrogen-bond donors (Lipinski definition) is 3. The molecule has 1 heterocycles. The number of nitrogens with two attached hydrogens (primary N) is 1. The average Bonchev–Trinajstić information content (AvgIpc) is 2.36. The Hall–Kier alpha value is -1.58. The normalized spacial score (nSPS) is 15.2. The number of rotatable bonds is 6. The summed E-state index contributed by atoms with van der Waals surface area (Å²) >= 11 is 0. The van der Waals surface area contributed by atoms with Gasteiger partial charge < -0.3 is 20.7 Å². The van der Waals surface area contributed by atoms with E-state index >= 15 is 0 Å². The van der Waals surface area contributed by atoms with Gasteiger partial charge in [0.15, 0.2) is 0 Å². The zero-order valence-electron chi connectivity index (χ0n) is 10.2. The van der Waals surface area contributed by atoms with E-state index in [9.17, 15) is 13.6 Å². The minimum Gasteiger partial charge on any atom is -0.394 e. The topological polar surface area (TPSA) is 111 Å². The number of hydrogen-bond acceptors (Lipinski definition) is 6. The van der Waals surface area contributed by atoms with Crippen molar-refractivity contribution >= 4 is 5.82 Å². The molecule has 1 aromatic heterocycles. The molecule has 0 saturated heterocycles. The predicted molar refractivity (Wildman–Crippen MR) is 61.6 cm³/mol. The number of halogens is 2. The Kier molecular flexibility index (Phi) is 4.92. The number of aromatic nitrogens is 2. The van der Waals surface area contributed by atoms with E-state index in [0.717, 1.165) is 12.3 Å². The third-order valence-corrected chi connectivity index (χ3v) is 2.29. The molecule has 1 unspecified atom stereocenters. The van der Waals surface area contributed by atoms with Crippen LogP contribution < -0.4 is 11.4 Å². The van der Waals surface area contributed by atoms with Gasteiger partial charge in [0, 0.05) is 6.20 Å². The zero-order valence-corrected chi connectivity index (χ0v) is 10.2. The molecule has 19 heavy (non-hydrogen) atoms. The molecule has 9 heteroatoms. The van der Waals surface area contributed by atoms with E-state index in [4.69, 9.17) is 20.7 Å². The molecule has 0 saturated carbocycles. The Labute approximate surface area is 107 Å². The third kappa shape index (κ3) is 3.69. The number of aliphatic hydroxyl groups is 2. The van der Waals surface area contributed by atoms with Gasteiger partial charge in [-0.2, -0.15) is 13.8 Å². The van der Waals surface area contributed by atoms with E-state index in [1.54, 1.807) is 0 Å². The van der Waals surface area contributed by atoms with Gasteiger partial charge in [-0.25, -0.2) is 4.79 Å². The van der Waals surface area contributed by atoms with Gasteiger partial charge in [-0.05, 0) is 13.0 Å². The highest BCUT2D eigenvalue weighted by atomic mass is 19.3. The summed E-state index contributed by atoms with van der Waals surface area (Å²) < 4.78 is 32.6. The molecule has 0 aliphatic carbocycles. The van der Waals surface area contributed by atoms with E-state index in [-0.39, 0.29) is 5.82 Å². The largest absolute Gasteiger partial charge is 0.394 e. The molecule has 2 atom stereocenters. The number of nitrogen functional groups attached to an aromatic ring is 1. The number of alkyl halides is 2. The molecule has 7 nitrogen and oxygen atoms in total. The summed E-state index contributed by atoms with van der Waals surface area (Å²) in [5, 5.41) is 17.5. The molecule has 0 spiro atoms. The number of nitrogens with zero attached hydrogens (tertiary/aromatic N) is 2. The Bertz CT molecular complexity index is 480. The van der Waals surface area contributed by atoms with Gasteiger partial charge in [-0.3, -0.25) is 4.57 Å². The molecular formula is C10H15F2N3O4. The number of anilines is 1. The smallest absolute Gasteiger partial charge is 0.351 e. The summed E-state index contributed by atoms with van der Waals surface area (Å²) in [6, 6.07) is 1.15. The molecule has 1 aromatic rings. The van der Waals surface area contributed by atoms with Crippen molar-refractivity contribution < 1.29 is 23.7 Å². The molecule has 0 bridgehead atoms. The number of ether oxygens (including phenoxy) is 1. The summed E-state index contributed by atoms with van der Waals surface area (Å²) in [6.45, 7) is -0.696. The van der Waals surface area contributed by atoms with Crippen molar-refractivity contribution in [1.29, 1.82) is 0 Å². The van der Waals surface area contributed by atoms with E-state index in [2.05, 4.69) is 4.98 Å². The monoisotopic (exact) mass is 279 g/mol. The highest BCUT2D eigenvalue weighted by Gasteiger charge is 2.43. The lowest BCUT2D eigenvalue weighted by molar-refractivity contribution is -0.213. The summed E-state index contributed by atoms with van der Waals surface area (Å²) in [5.41, 5.74) is 4.22. The second-order valence-electron chi connectivity index (χ2n) is 3.94. The molecule has 0 fully saturated rings. The highest BCUT2D eigenvalue weighted by Crippen LogP contribution is 2.29. The Morgan fingerprint density at radius 2 is 2.21 bits per heavy atom. The second kappa shape index (κ2) is 6.04. The minimum atomic E-state index is -3.72. The SMILES string of the molecule is CC(CO)O[C@@H](n1ccc(N)nc1=O)C(F)(F)CO. The molecule has 4 N–H and O–H groups in total. The first kappa shape index (κ1) is 15.5. The lowest BCUT2D eigenvalue weighted by Gasteiger charge is -2.28. The highest BCUT2D eigenvalue weighted by molar-refractivity contribution is 5.23. The predicted octanol–water partition coefficient (Wildman–Crippen LogP) is -0.651. The third-order valence-electron chi connectivity index (χ3n) is 2.29. The van der Waals surface area contributed by atoms with Gasteiger partial charge in [0.05, 0.1) is 12.7 Å². The van der Waals surface area contributed by atoms with E-state index in [0.29, 0.717) is 4.57 Å². The van der Waals surface area contributed by atoms with Crippen molar-refractivity contribution in [1.82, 2.24) is 9.55 Å². The Morgan fingerprint density at radius 3 is 2.68 bits per heavy atom. The quantitative estimate of drug-likeness (QED) is 0.638. The van der Waals surface area contributed by atoms with E-state index < -0.39 is 37.2 Å². The maximum absolute atomic E-state index is 13.6. The molecule has 108 valence electrons. The fourth-order valence-electron chi connectivity index (χ4n) is 1.31. The van der Waals surface area contributed by atoms with Crippen LogP contribution >= 0.6 is 0 Å². The molecular weight excluding hydrogens is 264 g/mol. The summed E-state index contributed by atoms with van der Waals surface area (Å²) in [7, 11) is 0. The van der Waals surface area contributed by atoms with Gasteiger partial charge >= 0.3 is 11.6 Å².